The molecule has 0 aliphatic heterocycles. The van der Waals surface area contributed by atoms with Crippen LogP contribution >= 0.6 is 0 Å². The van der Waals surface area contributed by atoms with Gasteiger partial charge in [0.25, 0.3) is 0 Å². The second-order valence-electron chi connectivity index (χ2n) is 7.02. The molecule has 6 nitrogen and oxygen atoms in total. The Labute approximate surface area is 147 Å². The molecule has 130 valence electrons. The zero-order valence-electron chi connectivity index (χ0n) is 15.1. The Morgan fingerprint density at radius 2 is 1.96 bits per heavy atom. The number of anilines is 1. The van der Waals surface area contributed by atoms with Gasteiger partial charge in [0.1, 0.15) is 11.6 Å². The predicted octanol–water partition coefficient (Wildman–Crippen LogP) is 3.64. The van der Waals surface area contributed by atoms with Gasteiger partial charge in [-0.15, -0.1) is 0 Å². The summed E-state index contributed by atoms with van der Waals surface area (Å²) >= 11 is 0. The molecule has 1 fully saturated rings. The first-order valence-corrected chi connectivity index (χ1v) is 8.97. The van der Waals surface area contributed by atoms with Crippen LogP contribution in [0.15, 0.2) is 18.5 Å². The van der Waals surface area contributed by atoms with Gasteiger partial charge in [-0.1, -0.05) is 18.9 Å². The first-order valence-electron chi connectivity index (χ1n) is 8.97. The number of nitrogens with zero attached hydrogens (tertiary/aromatic N) is 5. The van der Waals surface area contributed by atoms with Crippen molar-refractivity contribution in [3.63, 3.8) is 0 Å². The number of pyridine rings is 1. The van der Waals surface area contributed by atoms with Crippen LogP contribution < -0.4 is 5.32 Å². The van der Waals surface area contributed by atoms with Crippen molar-refractivity contribution in [2.75, 3.05) is 5.32 Å². The molecule has 1 aliphatic rings. The van der Waals surface area contributed by atoms with Crippen molar-refractivity contribution in [3.05, 3.63) is 41.1 Å². The fourth-order valence-electron chi connectivity index (χ4n) is 3.52. The zero-order chi connectivity index (χ0) is 17.4. The Bertz CT molecular complexity index is 908. The average Bonchev–Trinajstić information content (AvgIpc) is 3.26. The van der Waals surface area contributed by atoms with Gasteiger partial charge in [-0.3, -0.25) is 9.67 Å². The molecule has 4 rings (SSSR count). The summed E-state index contributed by atoms with van der Waals surface area (Å²) in [6.07, 6.45) is 8.68. The molecule has 3 aromatic rings. The standard InChI is InChI=1S/C19H24N6/c1-12-8-14(9-20-13(12)2)10-21-18-16-11-22-25(3)19(16)24-17(23-18)15-6-4-5-7-15/h8-9,11,15H,4-7,10H2,1-3H3,(H,21,23,24). The molecule has 0 unspecified atom stereocenters. The fourth-order valence-corrected chi connectivity index (χ4v) is 3.52. The molecule has 1 saturated carbocycles. The third kappa shape index (κ3) is 3.08. The number of aryl methyl sites for hydroxylation is 3. The first kappa shape index (κ1) is 16.0. The summed E-state index contributed by atoms with van der Waals surface area (Å²) in [5.74, 6) is 2.30. The van der Waals surface area contributed by atoms with Crippen LogP contribution in [-0.2, 0) is 13.6 Å². The Balaban J connectivity index is 1.66. The van der Waals surface area contributed by atoms with Crippen molar-refractivity contribution >= 4 is 16.9 Å². The SMILES string of the molecule is Cc1cc(CNc2nc(C3CCCC3)nc3c2cnn3C)cnc1C. The van der Waals surface area contributed by atoms with Gasteiger partial charge in [0, 0.05) is 31.4 Å². The molecule has 25 heavy (non-hydrogen) atoms. The van der Waals surface area contributed by atoms with Crippen LogP contribution in [0, 0.1) is 13.8 Å². The summed E-state index contributed by atoms with van der Waals surface area (Å²) in [7, 11) is 1.94. The summed E-state index contributed by atoms with van der Waals surface area (Å²) in [6.45, 7) is 4.82. The van der Waals surface area contributed by atoms with E-state index in [0.29, 0.717) is 12.5 Å². The largest absolute Gasteiger partial charge is 0.365 e. The fraction of sp³-hybridized carbons (Fsp3) is 0.474. The number of aromatic nitrogens is 5. The number of hydrogen-bond donors (Lipinski definition) is 1. The van der Waals surface area contributed by atoms with Gasteiger partial charge in [-0.25, -0.2) is 9.97 Å². The monoisotopic (exact) mass is 336 g/mol. The van der Waals surface area contributed by atoms with E-state index in [1.165, 1.54) is 31.2 Å². The third-order valence-corrected chi connectivity index (χ3v) is 5.19. The predicted molar refractivity (Wildman–Crippen MR) is 98.6 cm³/mol. The Kier molecular flexibility index (Phi) is 4.11. The summed E-state index contributed by atoms with van der Waals surface area (Å²) in [6, 6.07) is 2.18. The lowest BCUT2D eigenvalue weighted by atomic mass is 10.1. The van der Waals surface area contributed by atoms with Crippen LogP contribution in [0.4, 0.5) is 5.82 Å². The summed E-state index contributed by atoms with van der Waals surface area (Å²) in [5.41, 5.74) is 4.34. The van der Waals surface area contributed by atoms with Crippen LogP contribution in [0.1, 0.15) is 54.2 Å². The molecule has 6 heteroatoms. The highest BCUT2D eigenvalue weighted by Crippen LogP contribution is 2.34. The lowest BCUT2D eigenvalue weighted by molar-refractivity contribution is 0.667. The lowest BCUT2D eigenvalue weighted by Crippen LogP contribution is -2.08. The number of nitrogens with one attached hydrogen (secondary N) is 1. The van der Waals surface area contributed by atoms with Gasteiger partial charge in [-0.05, 0) is 37.8 Å². The molecule has 3 aromatic heterocycles. The molecule has 0 saturated heterocycles. The van der Waals surface area contributed by atoms with Crippen LogP contribution in [0.5, 0.6) is 0 Å². The molecular formula is C19H24N6. The number of fused-ring (bicyclic) bond motifs is 1. The minimum absolute atomic E-state index is 0.475. The number of rotatable bonds is 4. The van der Waals surface area contributed by atoms with Gasteiger partial charge in [0.2, 0.25) is 0 Å². The van der Waals surface area contributed by atoms with E-state index in [0.717, 1.165) is 33.9 Å². The van der Waals surface area contributed by atoms with Crippen molar-refractivity contribution in [1.29, 1.82) is 0 Å². The molecule has 0 atom stereocenters. The highest BCUT2D eigenvalue weighted by Gasteiger charge is 2.22. The summed E-state index contributed by atoms with van der Waals surface area (Å²) in [4.78, 5) is 14.1. The second kappa shape index (κ2) is 6.43. The molecule has 0 bridgehead atoms. The topological polar surface area (TPSA) is 68.5 Å². The molecule has 1 N–H and O–H groups in total. The highest BCUT2D eigenvalue weighted by molar-refractivity contribution is 5.86. The maximum absolute atomic E-state index is 4.86. The average molecular weight is 336 g/mol. The van der Waals surface area contributed by atoms with Crippen molar-refractivity contribution in [2.45, 2.75) is 52.0 Å². The lowest BCUT2D eigenvalue weighted by Gasteiger charge is -2.13. The van der Waals surface area contributed by atoms with Crippen LogP contribution in [0.2, 0.25) is 0 Å². The Hall–Kier alpha value is -2.50. The van der Waals surface area contributed by atoms with E-state index in [9.17, 15) is 0 Å². The highest BCUT2D eigenvalue weighted by atomic mass is 15.3. The van der Waals surface area contributed by atoms with Gasteiger partial charge in [0.05, 0.1) is 11.6 Å². The minimum atomic E-state index is 0.475. The van der Waals surface area contributed by atoms with Gasteiger partial charge < -0.3 is 5.32 Å². The molecule has 0 spiro atoms. The molecule has 0 amide bonds. The zero-order valence-corrected chi connectivity index (χ0v) is 15.1. The Morgan fingerprint density at radius 3 is 2.72 bits per heavy atom. The van der Waals surface area contributed by atoms with Crippen molar-refractivity contribution in [3.8, 4) is 0 Å². The van der Waals surface area contributed by atoms with E-state index in [-0.39, 0.29) is 0 Å². The quantitative estimate of drug-likeness (QED) is 0.788. The third-order valence-electron chi connectivity index (χ3n) is 5.19. The maximum atomic E-state index is 4.86. The molecule has 0 radical (unpaired) electrons. The van der Waals surface area contributed by atoms with Crippen LogP contribution in [-0.4, -0.2) is 24.7 Å². The van der Waals surface area contributed by atoms with Gasteiger partial charge >= 0.3 is 0 Å². The second-order valence-corrected chi connectivity index (χ2v) is 7.02. The van der Waals surface area contributed by atoms with E-state index < -0.39 is 0 Å². The smallest absolute Gasteiger partial charge is 0.163 e. The van der Waals surface area contributed by atoms with E-state index in [4.69, 9.17) is 9.97 Å². The van der Waals surface area contributed by atoms with E-state index in [1.807, 2.05) is 31.0 Å². The van der Waals surface area contributed by atoms with E-state index >= 15 is 0 Å². The summed E-state index contributed by atoms with van der Waals surface area (Å²) < 4.78 is 1.83. The van der Waals surface area contributed by atoms with E-state index in [1.54, 1.807) is 0 Å². The van der Waals surface area contributed by atoms with Gasteiger partial charge in [0.15, 0.2) is 5.65 Å². The molecular weight excluding hydrogens is 312 g/mol. The van der Waals surface area contributed by atoms with Crippen molar-refractivity contribution < 1.29 is 0 Å². The van der Waals surface area contributed by atoms with E-state index in [2.05, 4.69) is 28.4 Å². The minimum Gasteiger partial charge on any atom is -0.365 e. The van der Waals surface area contributed by atoms with Crippen LogP contribution in [0.3, 0.4) is 0 Å². The maximum Gasteiger partial charge on any atom is 0.163 e. The Morgan fingerprint density at radius 1 is 1.16 bits per heavy atom. The molecule has 1 aliphatic carbocycles. The van der Waals surface area contributed by atoms with Crippen molar-refractivity contribution in [1.82, 2.24) is 24.7 Å². The van der Waals surface area contributed by atoms with Gasteiger partial charge in [-0.2, -0.15) is 5.10 Å². The van der Waals surface area contributed by atoms with Crippen molar-refractivity contribution in [2.24, 2.45) is 7.05 Å². The first-order chi connectivity index (χ1) is 12.1. The molecule has 0 aromatic carbocycles. The van der Waals surface area contributed by atoms with Crippen LogP contribution in [0.25, 0.3) is 11.0 Å². The molecule has 3 heterocycles. The normalized spacial score (nSPS) is 15.2. The number of hydrogen-bond acceptors (Lipinski definition) is 5. The summed E-state index contributed by atoms with van der Waals surface area (Å²) in [5, 5.41) is 8.82.